The Morgan fingerprint density at radius 3 is 2.35 bits per heavy atom. The summed E-state index contributed by atoms with van der Waals surface area (Å²) < 4.78 is 22.6. The predicted molar refractivity (Wildman–Crippen MR) is 200 cm³/mol. The lowest BCUT2D eigenvalue weighted by Crippen LogP contribution is -2.46. The van der Waals surface area contributed by atoms with Crippen LogP contribution in [0.3, 0.4) is 0 Å². The summed E-state index contributed by atoms with van der Waals surface area (Å²) >= 11 is 6.34. The predicted octanol–water partition coefficient (Wildman–Crippen LogP) is 7.49. The van der Waals surface area contributed by atoms with Crippen molar-refractivity contribution in [2.24, 2.45) is 0 Å². The van der Waals surface area contributed by atoms with Gasteiger partial charge in [0.25, 0.3) is 5.91 Å². The Hall–Kier alpha value is -4.67. The highest BCUT2D eigenvalue weighted by molar-refractivity contribution is 6.30. The number of para-hydroxylation sites is 2. The SMILES string of the molecule is COc1cc(C(=O)N2CCC(CCN3CCC(N(Cc4ccc(C)o4)c4nc5ccccc5[nH]4)CC3)(c3ccc(Cl)cc3)C2)cc(OC)c1OC. The number of nitrogens with zero attached hydrogens (tertiary/aromatic N) is 4. The summed E-state index contributed by atoms with van der Waals surface area (Å²) in [5, 5.41) is 0.707. The first-order valence-electron chi connectivity index (χ1n) is 17.6. The molecule has 2 aliphatic rings. The van der Waals surface area contributed by atoms with Gasteiger partial charge >= 0.3 is 0 Å². The molecule has 0 saturated carbocycles. The van der Waals surface area contributed by atoms with Crippen molar-refractivity contribution in [1.29, 1.82) is 0 Å². The number of aromatic nitrogens is 2. The van der Waals surface area contributed by atoms with Crippen LogP contribution in [-0.4, -0.2) is 85.8 Å². The first kappa shape index (κ1) is 34.8. The lowest BCUT2D eigenvalue weighted by molar-refractivity contribution is 0.0779. The number of H-pyrrole nitrogens is 1. The summed E-state index contributed by atoms with van der Waals surface area (Å²) in [6, 6.07) is 24.2. The number of carbonyl (C=O) groups is 1. The molecule has 2 aliphatic heterocycles. The highest BCUT2D eigenvalue weighted by atomic mass is 35.5. The molecule has 1 atom stereocenters. The van der Waals surface area contributed by atoms with Gasteiger partial charge < -0.3 is 38.3 Å². The van der Waals surface area contributed by atoms with Crippen LogP contribution in [0.4, 0.5) is 5.95 Å². The van der Waals surface area contributed by atoms with Crippen molar-refractivity contribution in [2.45, 2.75) is 50.6 Å². The van der Waals surface area contributed by atoms with E-state index in [1.165, 1.54) is 5.56 Å². The highest BCUT2D eigenvalue weighted by Crippen LogP contribution is 2.42. The van der Waals surface area contributed by atoms with Crippen LogP contribution in [0.2, 0.25) is 5.02 Å². The highest BCUT2D eigenvalue weighted by Gasteiger charge is 2.42. The second-order valence-electron chi connectivity index (χ2n) is 13.7. The minimum absolute atomic E-state index is 0.0525. The van der Waals surface area contributed by atoms with Gasteiger partial charge in [-0.05, 0) is 93.2 Å². The van der Waals surface area contributed by atoms with E-state index in [9.17, 15) is 4.79 Å². The van der Waals surface area contributed by atoms with E-state index < -0.39 is 0 Å². The standard InChI is InChI=1S/C40H46ClN5O5/c1-27-9-14-32(51-27)25-46(39-42-33-7-5-6-8-34(33)43-39)31-15-19-44(20-16-31)21-17-40(29-10-12-30(41)13-11-29)18-22-45(26-40)38(47)28-23-35(48-2)37(50-4)36(24-28)49-3/h5-14,23-24,31H,15-22,25-26H2,1-4H3,(H,42,43). The molecule has 0 bridgehead atoms. The molecule has 3 aromatic carbocycles. The molecule has 0 aliphatic carbocycles. The molecule has 5 aromatic rings. The maximum atomic E-state index is 14.0. The molecule has 2 aromatic heterocycles. The van der Waals surface area contributed by atoms with Gasteiger partial charge in [-0.3, -0.25) is 4.79 Å². The number of halogens is 1. The topological polar surface area (TPSA) is 96.3 Å². The zero-order valence-electron chi connectivity index (χ0n) is 29.8. The summed E-state index contributed by atoms with van der Waals surface area (Å²) in [6.07, 6.45) is 3.81. The fourth-order valence-electron chi connectivity index (χ4n) is 7.84. The second-order valence-corrected chi connectivity index (χ2v) is 14.2. The minimum atomic E-state index is -0.199. The molecule has 2 saturated heterocycles. The van der Waals surface area contributed by atoms with Crippen molar-refractivity contribution < 1.29 is 23.4 Å². The molecule has 0 radical (unpaired) electrons. The Balaban J connectivity index is 1.06. The van der Waals surface area contributed by atoms with Crippen molar-refractivity contribution in [1.82, 2.24) is 19.8 Å². The Bertz CT molecular complexity index is 1910. The Kier molecular flexibility index (Phi) is 10.2. The number of furan rings is 1. The molecule has 2 fully saturated rings. The number of fused-ring (bicyclic) bond motifs is 1. The number of aromatic amines is 1. The Morgan fingerprint density at radius 2 is 1.71 bits per heavy atom. The lowest BCUT2D eigenvalue weighted by atomic mass is 9.76. The Morgan fingerprint density at radius 1 is 0.980 bits per heavy atom. The van der Waals surface area contributed by atoms with E-state index in [-0.39, 0.29) is 11.3 Å². The minimum Gasteiger partial charge on any atom is -0.493 e. The number of ether oxygens (including phenoxy) is 3. The number of anilines is 1. The average Bonchev–Trinajstić information content (AvgIpc) is 3.91. The van der Waals surface area contributed by atoms with Crippen LogP contribution in [0.25, 0.3) is 11.0 Å². The summed E-state index contributed by atoms with van der Waals surface area (Å²) in [5.74, 6) is 4.07. The number of imidazole rings is 1. The summed E-state index contributed by atoms with van der Waals surface area (Å²) in [7, 11) is 4.68. The van der Waals surface area contributed by atoms with E-state index in [2.05, 4.69) is 39.0 Å². The number of likely N-dealkylation sites (tertiary alicyclic amines) is 2. The van der Waals surface area contributed by atoms with E-state index in [0.29, 0.717) is 53.5 Å². The number of aryl methyl sites for hydroxylation is 1. The van der Waals surface area contributed by atoms with Crippen molar-refractivity contribution in [3.8, 4) is 17.2 Å². The fraction of sp³-hybridized carbons (Fsp3) is 0.400. The number of amides is 1. The first-order valence-corrected chi connectivity index (χ1v) is 18.0. The van der Waals surface area contributed by atoms with E-state index >= 15 is 0 Å². The quantitative estimate of drug-likeness (QED) is 0.142. The van der Waals surface area contributed by atoms with Gasteiger partial charge in [0.1, 0.15) is 11.5 Å². The second kappa shape index (κ2) is 14.9. The van der Waals surface area contributed by atoms with Crippen molar-refractivity contribution in [3.05, 3.63) is 100 Å². The van der Waals surface area contributed by atoms with Gasteiger partial charge in [0.15, 0.2) is 11.5 Å². The van der Waals surface area contributed by atoms with Crippen molar-refractivity contribution in [2.75, 3.05) is 59.0 Å². The van der Waals surface area contributed by atoms with Gasteiger partial charge in [-0.2, -0.15) is 0 Å². The van der Waals surface area contributed by atoms with Gasteiger partial charge in [0, 0.05) is 48.2 Å². The van der Waals surface area contributed by atoms with Crippen LogP contribution in [0, 0.1) is 6.92 Å². The molecular formula is C40H46ClN5O5. The number of benzene rings is 3. The van der Waals surface area contributed by atoms with Crippen molar-refractivity contribution >= 4 is 34.5 Å². The van der Waals surface area contributed by atoms with E-state index in [1.54, 1.807) is 33.5 Å². The largest absolute Gasteiger partial charge is 0.493 e. The maximum absolute atomic E-state index is 14.0. The molecule has 10 nitrogen and oxygen atoms in total. The third kappa shape index (κ3) is 7.25. The third-order valence-electron chi connectivity index (χ3n) is 10.7. The van der Waals surface area contributed by atoms with Gasteiger partial charge in [-0.25, -0.2) is 4.98 Å². The third-order valence-corrected chi connectivity index (χ3v) is 10.9. The van der Waals surface area contributed by atoms with Crippen LogP contribution >= 0.6 is 11.6 Å². The van der Waals surface area contributed by atoms with Gasteiger partial charge in [-0.1, -0.05) is 35.9 Å². The van der Waals surface area contributed by atoms with Gasteiger partial charge in [0.2, 0.25) is 11.7 Å². The first-order chi connectivity index (χ1) is 24.8. The van der Waals surface area contributed by atoms with Crippen LogP contribution in [0.5, 0.6) is 17.2 Å². The van der Waals surface area contributed by atoms with E-state index in [1.807, 2.05) is 48.2 Å². The monoisotopic (exact) mass is 711 g/mol. The number of hydrogen-bond donors (Lipinski definition) is 1. The molecular weight excluding hydrogens is 666 g/mol. The van der Waals surface area contributed by atoms with Crippen LogP contribution in [0.15, 0.2) is 77.2 Å². The summed E-state index contributed by atoms with van der Waals surface area (Å²) in [6.45, 7) is 6.79. The molecule has 4 heterocycles. The molecule has 11 heteroatoms. The van der Waals surface area contributed by atoms with Gasteiger partial charge in [-0.15, -0.1) is 0 Å². The lowest BCUT2D eigenvalue weighted by Gasteiger charge is -2.39. The Labute approximate surface area is 304 Å². The zero-order valence-corrected chi connectivity index (χ0v) is 30.5. The average molecular weight is 712 g/mol. The molecule has 268 valence electrons. The summed E-state index contributed by atoms with van der Waals surface area (Å²) in [5.41, 5.74) is 3.53. The van der Waals surface area contributed by atoms with Crippen molar-refractivity contribution in [3.63, 3.8) is 0 Å². The molecule has 0 spiro atoms. The van der Waals surface area contributed by atoms with Crippen LogP contribution in [-0.2, 0) is 12.0 Å². The number of piperidine rings is 1. The van der Waals surface area contributed by atoms with Gasteiger partial charge in [0.05, 0.1) is 38.9 Å². The van der Waals surface area contributed by atoms with E-state index in [0.717, 1.165) is 73.8 Å². The van der Waals surface area contributed by atoms with Crippen LogP contribution < -0.4 is 19.1 Å². The fourth-order valence-corrected chi connectivity index (χ4v) is 7.96. The number of carbonyl (C=O) groups excluding carboxylic acids is 1. The molecule has 7 rings (SSSR count). The smallest absolute Gasteiger partial charge is 0.254 e. The maximum Gasteiger partial charge on any atom is 0.254 e. The molecule has 1 unspecified atom stereocenters. The van der Waals surface area contributed by atoms with E-state index in [4.69, 9.17) is 35.2 Å². The summed E-state index contributed by atoms with van der Waals surface area (Å²) in [4.78, 5) is 29.4. The normalized spacial score (nSPS) is 18.3. The number of methoxy groups -OCH3 is 3. The number of hydrogen-bond acceptors (Lipinski definition) is 8. The molecule has 1 N–H and O–H groups in total. The molecule has 51 heavy (non-hydrogen) atoms. The van der Waals surface area contributed by atoms with Crippen LogP contribution in [0.1, 0.15) is 53.1 Å². The molecule has 1 amide bonds. The number of nitrogens with one attached hydrogen (secondary N) is 1. The number of rotatable bonds is 12. The zero-order chi connectivity index (χ0) is 35.5.